The Kier molecular flexibility index (Phi) is 4.79. The maximum Gasteiger partial charge on any atom is 0.283 e. The fourth-order valence-corrected chi connectivity index (χ4v) is 4.43. The standard InChI is InChI=1S/C22H21FN4O2/c1-22(15-4-3-5-20(15)29-21(24)27-22)16-10-13(6-8-17(16)23)11-19(28)18-9-7-14(25-2)12-26-18/h6-10,12,15,20H,3-5,11H2,1H3,(H2,24,27)/t15?,20?,22-/m0/s1. The largest absolute Gasteiger partial charge is 0.462 e. The third kappa shape index (κ3) is 3.46. The molecule has 1 saturated carbocycles. The zero-order chi connectivity index (χ0) is 20.6. The number of amidine groups is 1. The van der Waals surface area contributed by atoms with E-state index in [0.717, 1.165) is 19.3 Å². The van der Waals surface area contributed by atoms with Gasteiger partial charge in [0.05, 0.1) is 12.1 Å². The van der Waals surface area contributed by atoms with Gasteiger partial charge >= 0.3 is 0 Å². The molecule has 0 amide bonds. The number of ketones is 1. The molecule has 1 aliphatic heterocycles. The molecule has 0 saturated heterocycles. The zero-order valence-electron chi connectivity index (χ0n) is 16.1. The van der Waals surface area contributed by atoms with Crippen molar-refractivity contribution in [1.29, 1.82) is 0 Å². The van der Waals surface area contributed by atoms with E-state index >= 15 is 0 Å². The molecule has 29 heavy (non-hydrogen) atoms. The van der Waals surface area contributed by atoms with Crippen LogP contribution in [-0.2, 0) is 16.7 Å². The van der Waals surface area contributed by atoms with Crippen molar-refractivity contribution in [2.75, 3.05) is 0 Å². The Morgan fingerprint density at radius 1 is 1.38 bits per heavy atom. The van der Waals surface area contributed by atoms with Crippen LogP contribution >= 0.6 is 0 Å². The molecule has 2 aliphatic rings. The second-order valence-corrected chi connectivity index (χ2v) is 7.72. The average Bonchev–Trinajstić information content (AvgIpc) is 3.18. The molecule has 7 heteroatoms. The van der Waals surface area contributed by atoms with E-state index in [2.05, 4.69) is 14.8 Å². The quantitative estimate of drug-likeness (QED) is 0.631. The minimum absolute atomic E-state index is 0.0399. The van der Waals surface area contributed by atoms with Crippen LogP contribution in [0.5, 0.6) is 0 Å². The molecule has 1 aliphatic carbocycles. The summed E-state index contributed by atoms with van der Waals surface area (Å²) in [4.78, 5) is 24.4. The van der Waals surface area contributed by atoms with Gasteiger partial charge in [0.15, 0.2) is 5.78 Å². The summed E-state index contributed by atoms with van der Waals surface area (Å²) in [5.41, 5.74) is 6.83. The molecule has 1 fully saturated rings. The molecule has 0 bridgehead atoms. The Morgan fingerprint density at radius 3 is 2.93 bits per heavy atom. The summed E-state index contributed by atoms with van der Waals surface area (Å²) in [5.74, 6) is -0.525. The third-order valence-electron chi connectivity index (χ3n) is 5.89. The molecule has 148 valence electrons. The highest BCUT2D eigenvalue weighted by Crippen LogP contribution is 2.47. The van der Waals surface area contributed by atoms with Crippen LogP contribution in [0.1, 0.15) is 47.8 Å². The molecule has 3 atom stereocenters. The lowest BCUT2D eigenvalue weighted by Crippen LogP contribution is -2.45. The number of nitrogens with zero attached hydrogens (tertiary/aromatic N) is 3. The number of fused-ring (bicyclic) bond motifs is 1. The predicted octanol–water partition coefficient (Wildman–Crippen LogP) is 3.93. The zero-order valence-corrected chi connectivity index (χ0v) is 16.1. The van der Waals surface area contributed by atoms with Gasteiger partial charge < -0.3 is 10.5 Å². The molecule has 2 aromatic rings. The molecule has 0 spiro atoms. The number of aromatic nitrogens is 1. The number of carbonyl (C=O) groups excluding carboxylic acids is 1. The van der Waals surface area contributed by atoms with Gasteiger partial charge in [-0.15, -0.1) is 0 Å². The number of Topliss-reactive ketones (excluding diaryl/α,β-unsaturated/α-hetero) is 1. The van der Waals surface area contributed by atoms with Gasteiger partial charge in [0.1, 0.15) is 17.6 Å². The summed E-state index contributed by atoms with van der Waals surface area (Å²) in [5, 5.41) is 0. The van der Waals surface area contributed by atoms with Crippen LogP contribution < -0.4 is 5.73 Å². The van der Waals surface area contributed by atoms with Crippen molar-refractivity contribution in [3.05, 3.63) is 70.6 Å². The number of hydrogen-bond donors (Lipinski definition) is 1. The first-order valence-electron chi connectivity index (χ1n) is 9.58. The lowest BCUT2D eigenvalue weighted by Gasteiger charge is -2.40. The number of hydrogen-bond acceptors (Lipinski definition) is 5. The molecule has 6 nitrogen and oxygen atoms in total. The lowest BCUT2D eigenvalue weighted by molar-refractivity contribution is 0.0700. The Hall–Kier alpha value is -3.27. The number of aliphatic imine (C=N–C) groups is 1. The van der Waals surface area contributed by atoms with E-state index in [-0.39, 0.29) is 41.8 Å². The third-order valence-corrected chi connectivity index (χ3v) is 5.89. The van der Waals surface area contributed by atoms with Crippen LogP contribution in [0.15, 0.2) is 41.5 Å². The van der Waals surface area contributed by atoms with Crippen molar-refractivity contribution >= 4 is 17.5 Å². The Balaban J connectivity index is 1.65. The topological polar surface area (TPSA) is 81.9 Å². The van der Waals surface area contributed by atoms with Gasteiger partial charge in [-0.2, -0.15) is 0 Å². The van der Waals surface area contributed by atoms with E-state index in [9.17, 15) is 9.18 Å². The SMILES string of the molecule is [C-]#[N+]c1ccc(C(=O)Cc2ccc(F)c([C@@]3(C)N=C(N)OC4CCCC43)c2)nc1. The van der Waals surface area contributed by atoms with Crippen LogP contribution in [0.25, 0.3) is 4.85 Å². The van der Waals surface area contributed by atoms with Gasteiger partial charge in [0.25, 0.3) is 6.02 Å². The van der Waals surface area contributed by atoms with Crippen molar-refractivity contribution in [3.63, 3.8) is 0 Å². The number of carbonyl (C=O) groups is 1. The minimum atomic E-state index is -0.831. The van der Waals surface area contributed by atoms with Gasteiger partial charge in [-0.05, 0) is 49.9 Å². The van der Waals surface area contributed by atoms with Gasteiger partial charge in [-0.1, -0.05) is 12.1 Å². The number of benzene rings is 1. The summed E-state index contributed by atoms with van der Waals surface area (Å²) in [6.07, 6.45) is 4.14. The van der Waals surface area contributed by atoms with Crippen molar-refractivity contribution in [3.8, 4) is 0 Å². The van der Waals surface area contributed by atoms with Crippen LogP contribution in [-0.4, -0.2) is 22.9 Å². The van der Waals surface area contributed by atoms with E-state index in [1.165, 1.54) is 18.3 Å². The number of pyridine rings is 1. The monoisotopic (exact) mass is 392 g/mol. The molecular weight excluding hydrogens is 371 g/mol. The van der Waals surface area contributed by atoms with Crippen LogP contribution in [0.4, 0.5) is 10.1 Å². The van der Waals surface area contributed by atoms with Crippen molar-refractivity contribution in [1.82, 2.24) is 4.98 Å². The summed E-state index contributed by atoms with van der Waals surface area (Å²) in [6, 6.07) is 7.87. The van der Waals surface area contributed by atoms with E-state index in [1.54, 1.807) is 18.2 Å². The smallest absolute Gasteiger partial charge is 0.283 e. The van der Waals surface area contributed by atoms with Crippen molar-refractivity contribution in [2.24, 2.45) is 16.6 Å². The first kappa shape index (κ1) is 19.1. The minimum Gasteiger partial charge on any atom is -0.462 e. The highest BCUT2D eigenvalue weighted by atomic mass is 19.1. The highest BCUT2D eigenvalue weighted by molar-refractivity contribution is 5.96. The molecule has 0 radical (unpaired) electrons. The van der Waals surface area contributed by atoms with Crippen LogP contribution in [0.2, 0.25) is 0 Å². The number of ether oxygens (including phenoxy) is 1. The maximum absolute atomic E-state index is 14.9. The number of halogens is 1. The van der Waals surface area contributed by atoms with E-state index in [4.69, 9.17) is 17.0 Å². The molecule has 4 rings (SSSR count). The molecule has 1 aromatic heterocycles. The molecule has 2 heterocycles. The van der Waals surface area contributed by atoms with Gasteiger partial charge in [0.2, 0.25) is 5.69 Å². The highest BCUT2D eigenvalue weighted by Gasteiger charge is 2.49. The average molecular weight is 392 g/mol. The second kappa shape index (κ2) is 7.28. The first-order valence-corrected chi connectivity index (χ1v) is 9.58. The summed E-state index contributed by atoms with van der Waals surface area (Å²) < 4.78 is 20.5. The van der Waals surface area contributed by atoms with E-state index < -0.39 is 5.54 Å². The first-order chi connectivity index (χ1) is 13.9. The summed E-state index contributed by atoms with van der Waals surface area (Å²) in [7, 11) is 0. The Morgan fingerprint density at radius 2 is 2.21 bits per heavy atom. The lowest BCUT2D eigenvalue weighted by atomic mass is 9.76. The van der Waals surface area contributed by atoms with Crippen molar-refractivity contribution < 1.29 is 13.9 Å². The van der Waals surface area contributed by atoms with Crippen LogP contribution in [0, 0.1) is 18.3 Å². The Bertz CT molecular complexity index is 1030. The van der Waals surface area contributed by atoms with Gasteiger partial charge in [-0.3, -0.25) is 9.78 Å². The fraction of sp³-hybridized carbons (Fsp3) is 0.364. The second-order valence-electron chi connectivity index (χ2n) is 7.72. The number of nitrogens with two attached hydrogens (primary N) is 1. The molecule has 2 unspecified atom stereocenters. The maximum atomic E-state index is 14.9. The van der Waals surface area contributed by atoms with Gasteiger partial charge in [-0.25, -0.2) is 14.2 Å². The van der Waals surface area contributed by atoms with E-state index in [0.29, 0.717) is 16.8 Å². The van der Waals surface area contributed by atoms with Gasteiger partial charge in [0, 0.05) is 24.1 Å². The van der Waals surface area contributed by atoms with Crippen molar-refractivity contribution in [2.45, 2.75) is 44.2 Å². The predicted molar refractivity (Wildman–Crippen MR) is 106 cm³/mol. The van der Waals surface area contributed by atoms with E-state index in [1.807, 2.05) is 6.92 Å². The molecule has 2 N–H and O–H groups in total. The summed E-state index contributed by atoms with van der Waals surface area (Å²) in [6.45, 7) is 8.85. The number of rotatable bonds is 4. The normalized spacial score (nSPS) is 25.5. The Labute approximate surface area is 168 Å². The summed E-state index contributed by atoms with van der Waals surface area (Å²) >= 11 is 0. The fourth-order valence-electron chi connectivity index (χ4n) is 4.43. The molecular formula is C22H21FN4O2. The molecule has 1 aromatic carbocycles. The van der Waals surface area contributed by atoms with Crippen LogP contribution in [0.3, 0.4) is 0 Å².